The number of H-pyrrole nitrogens is 1. The first-order valence-electron chi connectivity index (χ1n) is 10.2. The van der Waals surface area contributed by atoms with Crippen LogP contribution in [-0.2, 0) is 4.79 Å². The molecule has 1 aliphatic rings. The predicted octanol–water partition coefficient (Wildman–Crippen LogP) is 3.02. The lowest BCUT2D eigenvalue weighted by Gasteiger charge is -2.41. The van der Waals surface area contributed by atoms with E-state index in [1.807, 2.05) is 25.1 Å². The highest BCUT2D eigenvalue weighted by atomic mass is 19.1. The van der Waals surface area contributed by atoms with Crippen LogP contribution < -0.4 is 5.73 Å². The molecule has 1 aliphatic heterocycles. The van der Waals surface area contributed by atoms with E-state index in [9.17, 15) is 14.0 Å². The molecular formula is C24H24FN5O2. The maximum atomic E-state index is 14.6. The average Bonchev–Trinajstić information content (AvgIpc) is 3.24. The summed E-state index contributed by atoms with van der Waals surface area (Å²) >= 11 is 0. The zero-order valence-corrected chi connectivity index (χ0v) is 17.8. The normalized spacial score (nSPS) is 16.2. The number of carbonyl (C=O) groups is 2. The summed E-state index contributed by atoms with van der Waals surface area (Å²) in [6.07, 6.45) is 3.21. The van der Waals surface area contributed by atoms with Gasteiger partial charge in [0.05, 0.1) is 22.5 Å². The van der Waals surface area contributed by atoms with Crippen molar-refractivity contribution in [3.8, 4) is 0 Å². The highest BCUT2D eigenvalue weighted by Crippen LogP contribution is 2.31. The van der Waals surface area contributed by atoms with Crippen molar-refractivity contribution in [3.05, 3.63) is 78.5 Å². The fraction of sp³-hybridized carbons (Fsp3) is 0.208. The highest BCUT2D eigenvalue weighted by molar-refractivity contribution is 6.23. The molecule has 8 heteroatoms. The molecule has 4 rings (SSSR count). The number of nitrogens with zero attached hydrogens (tertiary/aromatic N) is 3. The third-order valence-corrected chi connectivity index (χ3v) is 5.86. The van der Waals surface area contributed by atoms with E-state index < -0.39 is 11.7 Å². The third-order valence-electron chi connectivity index (χ3n) is 5.86. The van der Waals surface area contributed by atoms with E-state index in [1.165, 1.54) is 18.3 Å². The van der Waals surface area contributed by atoms with Crippen molar-refractivity contribution < 1.29 is 14.0 Å². The van der Waals surface area contributed by atoms with Gasteiger partial charge in [0, 0.05) is 54.6 Å². The molecule has 0 aliphatic carbocycles. The Morgan fingerprint density at radius 1 is 1.19 bits per heavy atom. The number of fused-ring (bicyclic) bond motifs is 1. The van der Waals surface area contributed by atoms with Gasteiger partial charge in [-0.05, 0) is 31.2 Å². The first-order valence-corrected chi connectivity index (χ1v) is 10.2. The fourth-order valence-electron chi connectivity index (χ4n) is 4.14. The number of hydrogen-bond donors (Lipinski definition) is 2. The number of aromatic amines is 1. The van der Waals surface area contributed by atoms with Gasteiger partial charge >= 0.3 is 0 Å². The second-order valence-corrected chi connectivity index (χ2v) is 7.85. The van der Waals surface area contributed by atoms with Crippen LogP contribution in [0.25, 0.3) is 22.2 Å². The van der Waals surface area contributed by atoms with Crippen LogP contribution in [0.1, 0.15) is 28.5 Å². The van der Waals surface area contributed by atoms with E-state index in [4.69, 9.17) is 5.73 Å². The lowest BCUT2D eigenvalue weighted by atomic mass is 10.0. The van der Waals surface area contributed by atoms with Gasteiger partial charge in [-0.3, -0.25) is 14.6 Å². The van der Waals surface area contributed by atoms with Crippen LogP contribution in [0.15, 0.2) is 55.9 Å². The van der Waals surface area contributed by atoms with Gasteiger partial charge in [-0.2, -0.15) is 0 Å². The Morgan fingerprint density at radius 3 is 2.62 bits per heavy atom. The Labute approximate surface area is 185 Å². The number of halogens is 1. The summed E-state index contributed by atoms with van der Waals surface area (Å²) in [6.45, 7) is 11.7. The van der Waals surface area contributed by atoms with Crippen LogP contribution in [0.5, 0.6) is 0 Å². The SMILES string of the molecule is C=C(C(=O)N1CCN(C(=C)c2ccccn2)C[C@H]1C)c1c[nH]c2c(C(N)=O)ccc(F)c12. The van der Waals surface area contributed by atoms with Gasteiger partial charge < -0.3 is 20.5 Å². The number of piperazine rings is 1. The summed E-state index contributed by atoms with van der Waals surface area (Å²) in [4.78, 5) is 36.0. The van der Waals surface area contributed by atoms with Gasteiger partial charge in [0.15, 0.2) is 0 Å². The summed E-state index contributed by atoms with van der Waals surface area (Å²) in [6, 6.07) is 8.03. The molecule has 1 aromatic carbocycles. The number of benzene rings is 1. The zero-order valence-electron chi connectivity index (χ0n) is 17.8. The molecule has 1 saturated heterocycles. The molecule has 3 heterocycles. The molecule has 3 aromatic rings. The molecule has 0 unspecified atom stereocenters. The number of primary amides is 1. The number of nitrogens with one attached hydrogen (secondary N) is 1. The van der Waals surface area contributed by atoms with Crippen molar-refractivity contribution in [1.82, 2.24) is 19.8 Å². The lowest BCUT2D eigenvalue weighted by molar-refractivity contribution is -0.128. The summed E-state index contributed by atoms with van der Waals surface area (Å²) in [5, 5.41) is 0.134. The topological polar surface area (TPSA) is 95.3 Å². The van der Waals surface area contributed by atoms with E-state index in [1.54, 1.807) is 11.1 Å². The number of pyridine rings is 1. The average molecular weight is 433 g/mol. The van der Waals surface area contributed by atoms with Crippen LogP contribution in [0.4, 0.5) is 4.39 Å². The molecule has 3 N–H and O–H groups in total. The minimum atomic E-state index is -0.682. The molecule has 164 valence electrons. The lowest BCUT2D eigenvalue weighted by Crippen LogP contribution is -2.53. The molecule has 2 amide bonds. The van der Waals surface area contributed by atoms with Gasteiger partial charge in [-0.25, -0.2) is 4.39 Å². The number of rotatable bonds is 5. The number of nitrogens with two attached hydrogens (primary N) is 1. The van der Waals surface area contributed by atoms with Gasteiger partial charge in [-0.1, -0.05) is 19.2 Å². The Balaban J connectivity index is 1.54. The Bertz CT molecular complexity index is 1230. The first-order chi connectivity index (χ1) is 15.3. The van der Waals surface area contributed by atoms with Crippen molar-refractivity contribution in [2.45, 2.75) is 13.0 Å². The van der Waals surface area contributed by atoms with Crippen LogP contribution in [-0.4, -0.2) is 57.3 Å². The standard InChI is InChI=1S/C24H24FN5O2/c1-14-13-29(16(3)20-6-4-5-9-27-20)10-11-30(14)24(32)15(2)18-12-28-22-17(23(26)31)7-8-19(25)21(18)22/h4-9,12,14,28H,2-3,10-11,13H2,1H3,(H2,26,31)/t14-/m1/s1. The van der Waals surface area contributed by atoms with Crippen molar-refractivity contribution >= 4 is 34.0 Å². The Morgan fingerprint density at radius 2 is 1.97 bits per heavy atom. The van der Waals surface area contributed by atoms with Crippen LogP contribution >= 0.6 is 0 Å². The second kappa shape index (κ2) is 8.30. The first kappa shape index (κ1) is 21.3. The summed E-state index contributed by atoms with van der Waals surface area (Å²) < 4.78 is 14.6. The predicted molar refractivity (Wildman–Crippen MR) is 122 cm³/mol. The van der Waals surface area contributed by atoms with Gasteiger partial charge in [0.25, 0.3) is 11.8 Å². The monoisotopic (exact) mass is 433 g/mol. The van der Waals surface area contributed by atoms with Crippen molar-refractivity contribution in [2.24, 2.45) is 5.73 Å². The van der Waals surface area contributed by atoms with Gasteiger partial charge in [0.2, 0.25) is 0 Å². The van der Waals surface area contributed by atoms with Crippen molar-refractivity contribution in [1.29, 1.82) is 0 Å². The van der Waals surface area contributed by atoms with E-state index in [0.717, 1.165) is 11.4 Å². The number of amides is 2. The molecule has 2 aromatic heterocycles. The Kier molecular flexibility index (Phi) is 5.52. The van der Waals surface area contributed by atoms with Crippen molar-refractivity contribution in [3.63, 3.8) is 0 Å². The van der Waals surface area contributed by atoms with E-state index in [-0.39, 0.29) is 34.0 Å². The maximum Gasteiger partial charge on any atom is 0.254 e. The molecule has 1 atom stereocenters. The number of hydrogen-bond acceptors (Lipinski definition) is 4. The number of aromatic nitrogens is 2. The smallest absolute Gasteiger partial charge is 0.254 e. The summed E-state index contributed by atoms with van der Waals surface area (Å²) in [7, 11) is 0. The molecule has 0 bridgehead atoms. The van der Waals surface area contributed by atoms with E-state index in [2.05, 4.69) is 28.0 Å². The minimum absolute atomic E-state index is 0.121. The van der Waals surface area contributed by atoms with Crippen LogP contribution in [0, 0.1) is 5.82 Å². The Hall–Kier alpha value is -3.94. The molecule has 1 fully saturated rings. The molecule has 7 nitrogen and oxygen atoms in total. The number of carbonyl (C=O) groups excluding carboxylic acids is 2. The molecule has 32 heavy (non-hydrogen) atoms. The van der Waals surface area contributed by atoms with Gasteiger partial charge in [0.1, 0.15) is 5.82 Å². The minimum Gasteiger partial charge on any atom is -0.366 e. The molecule has 0 spiro atoms. The quantitative estimate of drug-likeness (QED) is 0.605. The zero-order chi connectivity index (χ0) is 23.0. The van der Waals surface area contributed by atoms with Gasteiger partial charge in [-0.15, -0.1) is 0 Å². The summed E-state index contributed by atoms with van der Waals surface area (Å²) in [5.41, 5.74) is 7.88. The van der Waals surface area contributed by atoms with Crippen LogP contribution in [0.3, 0.4) is 0 Å². The molecule has 0 radical (unpaired) electrons. The summed E-state index contributed by atoms with van der Waals surface area (Å²) in [5.74, 6) is -1.52. The fourth-order valence-corrected chi connectivity index (χ4v) is 4.14. The van der Waals surface area contributed by atoms with Crippen LogP contribution in [0.2, 0.25) is 0 Å². The van der Waals surface area contributed by atoms with E-state index in [0.29, 0.717) is 25.2 Å². The maximum absolute atomic E-state index is 14.6. The van der Waals surface area contributed by atoms with Crippen molar-refractivity contribution in [2.75, 3.05) is 19.6 Å². The highest BCUT2D eigenvalue weighted by Gasteiger charge is 2.31. The third kappa shape index (κ3) is 3.64. The molecular weight excluding hydrogens is 409 g/mol. The largest absolute Gasteiger partial charge is 0.366 e. The second-order valence-electron chi connectivity index (χ2n) is 7.85. The van der Waals surface area contributed by atoms with E-state index >= 15 is 0 Å². The molecule has 0 saturated carbocycles.